The summed E-state index contributed by atoms with van der Waals surface area (Å²) in [4.78, 5) is 12.3. The van der Waals surface area contributed by atoms with Crippen molar-refractivity contribution in [3.8, 4) is 0 Å². The predicted octanol–water partition coefficient (Wildman–Crippen LogP) is 2.55. The zero-order chi connectivity index (χ0) is 20.8. The van der Waals surface area contributed by atoms with Crippen molar-refractivity contribution in [2.24, 2.45) is 0 Å². The van der Waals surface area contributed by atoms with Crippen LogP contribution >= 0.6 is 0 Å². The van der Waals surface area contributed by atoms with Gasteiger partial charge in [-0.2, -0.15) is 8.42 Å². The quantitative estimate of drug-likeness (QED) is 0.466. The molecular weight excluding hydrogens is 370 g/mol. The molecule has 0 amide bonds. The van der Waals surface area contributed by atoms with E-state index in [4.69, 9.17) is 13.7 Å². The van der Waals surface area contributed by atoms with Crippen LogP contribution in [0.1, 0.15) is 60.8 Å². The molecule has 3 atom stereocenters. The molecule has 0 bridgehead atoms. The normalized spacial score (nSPS) is 24.0. The van der Waals surface area contributed by atoms with Gasteiger partial charge in [-0.3, -0.25) is 4.18 Å². The second kappa shape index (κ2) is 10.0. The molecule has 0 radical (unpaired) electrons. The Morgan fingerprint density at radius 1 is 1.26 bits per heavy atom. The Labute approximate surface area is 163 Å². The molecule has 0 aliphatic heterocycles. The monoisotopic (exact) mass is 405 g/mol. The van der Waals surface area contributed by atoms with Crippen LogP contribution in [-0.2, 0) is 28.6 Å². The smallest absolute Gasteiger partial charge is 0.333 e. The molecule has 0 heterocycles. The topological polar surface area (TPSA) is 90.9 Å². The molecule has 27 heavy (non-hydrogen) atoms. The van der Waals surface area contributed by atoms with Gasteiger partial charge < -0.3 is 14.8 Å². The number of ether oxygens (including phenoxy) is 2. The standard InChI is InChI=1S/C19H35NO6S/c1-8-14(9-2)25-15-11-13(18(21)24-10-3)12-16(26-27(7,22)23)17(15)20-19(4,5)6/h11,14-17,20H,8-10,12H2,1-7H3/t15-,16+,17+/m1/s1. The first kappa shape index (κ1) is 24.1. The van der Waals surface area contributed by atoms with Crippen molar-refractivity contribution in [1.82, 2.24) is 5.32 Å². The van der Waals surface area contributed by atoms with Crippen molar-refractivity contribution in [2.45, 2.75) is 90.7 Å². The summed E-state index contributed by atoms with van der Waals surface area (Å²) in [6.45, 7) is 12.0. The second-order valence-electron chi connectivity index (χ2n) is 7.91. The first-order chi connectivity index (χ1) is 12.4. The summed E-state index contributed by atoms with van der Waals surface area (Å²) < 4.78 is 40.4. The molecule has 0 unspecified atom stereocenters. The molecule has 0 aromatic heterocycles. The molecule has 0 saturated carbocycles. The maximum Gasteiger partial charge on any atom is 0.333 e. The summed E-state index contributed by atoms with van der Waals surface area (Å²) in [7, 11) is -3.71. The first-order valence-corrected chi connectivity index (χ1v) is 11.4. The van der Waals surface area contributed by atoms with Crippen molar-refractivity contribution < 1.29 is 26.9 Å². The van der Waals surface area contributed by atoms with Gasteiger partial charge in [-0.05, 0) is 46.6 Å². The fraction of sp³-hybridized carbons (Fsp3) is 0.842. The molecular formula is C19H35NO6S. The lowest BCUT2D eigenvalue weighted by Crippen LogP contribution is -2.58. The number of nitrogens with one attached hydrogen (secondary N) is 1. The van der Waals surface area contributed by atoms with E-state index in [1.165, 1.54) is 0 Å². The molecule has 0 saturated heterocycles. The molecule has 158 valence electrons. The number of hydrogen-bond acceptors (Lipinski definition) is 7. The van der Waals surface area contributed by atoms with Crippen molar-refractivity contribution in [3.63, 3.8) is 0 Å². The number of esters is 1. The van der Waals surface area contributed by atoms with Crippen LogP contribution in [0.2, 0.25) is 0 Å². The molecule has 7 nitrogen and oxygen atoms in total. The van der Waals surface area contributed by atoms with E-state index >= 15 is 0 Å². The first-order valence-electron chi connectivity index (χ1n) is 9.59. The third-order valence-corrected chi connectivity index (χ3v) is 4.83. The largest absolute Gasteiger partial charge is 0.463 e. The minimum Gasteiger partial charge on any atom is -0.463 e. The number of carbonyl (C=O) groups excluding carboxylic acids is 1. The SMILES string of the molecule is CCOC(=O)C1=C[C@@H](OC(CC)CC)[C@H](NC(C)(C)C)[C@@H](OS(C)(=O)=O)C1. The third kappa shape index (κ3) is 8.29. The average Bonchev–Trinajstić information content (AvgIpc) is 2.52. The predicted molar refractivity (Wildman–Crippen MR) is 105 cm³/mol. The number of hydrogen-bond donors (Lipinski definition) is 1. The van der Waals surface area contributed by atoms with E-state index < -0.39 is 34.3 Å². The summed E-state index contributed by atoms with van der Waals surface area (Å²) in [6, 6.07) is -0.418. The van der Waals surface area contributed by atoms with E-state index in [0.29, 0.717) is 5.57 Å². The Morgan fingerprint density at radius 3 is 2.30 bits per heavy atom. The summed E-state index contributed by atoms with van der Waals surface area (Å²) in [6.07, 6.45) is 3.27. The minimum atomic E-state index is -3.71. The second-order valence-corrected chi connectivity index (χ2v) is 9.52. The highest BCUT2D eigenvalue weighted by Crippen LogP contribution is 2.29. The fourth-order valence-corrected chi connectivity index (χ4v) is 3.76. The minimum absolute atomic E-state index is 0.00375. The third-order valence-electron chi connectivity index (χ3n) is 4.24. The van der Waals surface area contributed by atoms with Crippen LogP contribution in [0.4, 0.5) is 0 Å². The molecule has 1 aliphatic carbocycles. The van der Waals surface area contributed by atoms with E-state index in [-0.39, 0.29) is 24.7 Å². The van der Waals surface area contributed by atoms with Gasteiger partial charge in [0.1, 0.15) is 0 Å². The van der Waals surface area contributed by atoms with Gasteiger partial charge >= 0.3 is 5.97 Å². The Bertz CT molecular complexity index is 619. The van der Waals surface area contributed by atoms with Crippen LogP contribution in [0, 0.1) is 0 Å². The zero-order valence-electron chi connectivity index (χ0n) is 17.6. The molecule has 1 aliphatic rings. The average molecular weight is 406 g/mol. The van der Waals surface area contributed by atoms with Gasteiger partial charge in [0, 0.05) is 17.5 Å². The van der Waals surface area contributed by atoms with Gasteiger partial charge in [0.15, 0.2) is 0 Å². The van der Waals surface area contributed by atoms with E-state index in [1.54, 1.807) is 13.0 Å². The van der Waals surface area contributed by atoms with Crippen LogP contribution in [0.25, 0.3) is 0 Å². The highest BCUT2D eigenvalue weighted by molar-refractivity contribution is 7.86. The number of carbonyl (C=O) groups is 1. The van der Waals surface area contributed by atoms with E-state index in [2.05, 4.69) is 5.32 Å². The molecule has 0 aromatic rings. The van der Waals surface area contributed by atoms with Crippen LogP contribution in [0.5, 0.6) is 0 Å². The maximum absolute atomic E-state index is 12.3. The van der Waals surface area contributed by atoms with Crippen molar-refractivity contribution in [1.29, 1.82) is 0 Å². The zero-order valence-corrected chi connectivity index (χ0v) is 18.4. The Kier molecular flexibility index (Phi) is 8.92. The van der Waals surface area contributed by atoms with E-state index in [0.717, 1.165) is 19.1 Å². The van der Waals surface area contributed by atoms with Gasteiger partial charge in [0.25, 0.3) is 10.1 Å². The summed E-state index contributed by atoms with van der Waals surface area (Å²) in [5.74, 6) is -0.466. The highest BCUT2D eigenvalue weighted by atomic mass is 32.2. The molecule has 8 heteroatoms. The molecule has 0 spiro atoms. The van der Waals surface area contributed by atoms with E-state index in [1.807, 2.05) is 34.6 Å². The fourth-order valence-electron chi connectivity index (χ4n) is 3.12. The maximum atomic E-state index is 12.3. The van der Waals surface area contributed by atoms with Gasteiger partial charge in [-0.25, -0.2) is 4.79 Å². The Hall–Kier alpha value is -0.960. The molecule has 1 rings (SSSR count). The summed E-state index contributed by atoms with van der Waals surface area (Å²) >= 11 is 0. The van der Waals surface area contributed by atoms with Crippen LogP contribution < -0.4 is 5.32 Å². The van der Waals surface area contributed by atoms with Crippen molar-refractivity contribution >= 4 is 16.1 Å². The van der Waals surface area contributed by atoms with Gasteiger partial charge in [-0.15, -0.1) is 0 Å². The van der Waals surface area contributed by atoms with Crippen molar-refractivity contribution in [3.05, 3.63) is 11.6 Å². The van der Waals surface area contributed by atoms with Gasteiger partial charge in [0.05, 0.1) is 37.2 Å². The lowest BCUT2D eigenvalue weighted by Gasteiger charge is -2.41. The Morgan fingerprint density at radius 2 is 1.85 bits per heavy atom. The van der Waals surface area contributed by atoms with Gasteiger partial charge in [-0.1, -0.05) is 13.8 Å². The van der Waals surface area contributed by atoms with Crippen molar-refractivity contribution in [2.75, 3.05) is 12.9 Å². The van der Waals surface area contributed by atoms with Crippen LogP contribution in [-0.4, -0.2) is 57.1 Å². The lowest BCUT2D eigenvalue weighted by molar-refractivity contribution is -0.139. The summed E-state index contributed by atoms with van der Waals surface area (Å²) in [5.41, 5.74) is 0.0858. The molecule has 1 N–H and O–H groups in total. The molecule has 0 fully saturated rings. The lowest BCUT2D eigenvalue weighted by atomic mass is 9.88. The summed E-state index contributed by atoms with van der Waals surface area (Å²) in [5, 5.41) is 3.41. The highest BCUT2D eigenvalue weighted by Gasteiger charge is 2.41. The molecule has 0 aromatic carbocycles. The van der Waals surface area contributed by atoms with Gasteiger partial charge in [0.2, 0.25) is 0 Å². The van der Waals surface area contributed by atoms with E-state index in [9.17, 15) is 13.2 Å². The van der Waals surface area contributed by atoms with Crippen LogP contribution in [0.3, 0.4) is 0 Å². The number of rotatable bonds is 9. The van der Waals surface area contributed by atoms with Crippen LogP contribution in [0.15, 0.2) is 11.6 Å². The Balaban J connectivity index is 3.30.